The van der Waals surface area contributed by atoms with E-state index in [0.717, 1.165) is 49.2 Å². The summed E-state index contributed by atoms with van der Waals surface area (Å²) >= 11 is 0. The summed E-state index contributed by atoms with van der Waals surface area (Å²) < 4.78 is 0. The number of anilines is 1. The molecule has 0 amide bonds. The highest BCUT2D eigenvalue weighted by molar-refractivity contribution is 5.59. The Balaban J connectivity index is 1.44. The summed E-state index contributed by atoms with van der Waals surface area (Å²) in [5.74, 6) is 2.61. The lowest BCUT2D eigenvalue weighted by atomic mass is 9.84. The smallest absolute Gasteiger partial charge is 0.226 e. The molecule has 0 radical (unpaired) electrons. The third-order valence-electron chi connectivity index (χ3n) is 7.78. The van der Waals surface area contributed by atoms with E-state index < -0.39 is 0 Å². The number of hydrogen-bond donors (Lipinski definition) is 1. The van der Waals surface area contributed by atoms with Crippen molar-refractivity contribution in [1.82, 2.24) is 19.9 Å². The van der Waals surface area contributed by atoms with Crippen molar-refractivity contribution in [3.63, 3.8) is 0 Å². The van der Waals surface area contributed by atoms with Crippen molar-refractivity contribution in [2.45, 2.75) is 82.6 Å². The Labute approximate surface area is 180 Å². The first kappa shape index (κ1) is 19.9. The van der Waals surface area contributed by atoms with Crippen molar-refractivity contribution in [3.8, 4) is 11.4 Å². The summed E-state index contributed by atoms with van der Waals surface area (Å²) in [4.78, 5) is 17.3. The number of benzene rings is 1. The highest BCUT2D eigenvalue weighted by Crippen LogP contribution is 2.58. The van der Waals surface area contributed by atoms with E-state index in [4.69, 9.17) is 15.0 Å². The maximum absolute atomic E-state index is 4.99. The minimum absolute atomic E-state index is 0.185. The van der Waals surface area contributed by atoms with Gasteiger partial charge in [0.05, 0.1) is 0 Å². The first-order chi connectivity index (χ1) is 14.6. The van der Waals surface area contributed by atoms with E-state index >= 15 is 0 Å². The molecule has 2 heterocycles. The van der Waals surface area contributed by atoms with Gasteiger partial charge in [0.25, 0.3) is 0 Å². The van der Waals surface area contributed by atoms with Crippen LogP contribution in [0.4, 0.5) is 5.95 Å². The van der Waals surface area contributed by atoms with Crippen LogP contribution < -0.4 is 5.32 Å². The van der Waals surface area contributed by atoms with E-state index in [9.17, 15) is 0 Å². The maximum Gasteiger partial charge on any atom is 0.226 e. The molecule has 2 saturated carbocycles. The number of hydrogen-bond acceptors (Lipinski definition) is 5. The second kappa shape index (κ2) is 7.60. The average molecular weight is 406 g/mol. The number of fused-ring (bicyclic) bond motifs is 7. The van der Waals surface area contributed by atoms with Crippen molar-refractivity contribution in [3.05, 3.63) is 35.7 Å². The van der Waals surface area contributed by atoms with Crippen LogP contribution in [-0.4, -0.2) is 45.5 Å². The molecular formula is C25H35N5. The highest BCUT2D eigenvalue weighted by atomic mass is 15.2. The Morgan fingerprint density at radius 2 is 1.67 bits per heavy atom. The fourth-order valence-electron chi connectivity index (χ4n) is 5.05. The minimum Gasteiger partial charge on any atom is -0.352 e. The van der Waals surface area contributed by atoms with Gasteiger partial charge in [0.15, 0.2) is 5.82 Å². The third kappa shape index (κ3) is 3.73. The normalized spacial score (nSPS) is 20.9. The molecule has 160 valence electrons. The second-order valence-corrected chi connectivity index (χ2v) is 9.81. The zero-order chi connectivity index (χ0) is 20.8. The Bertz CT molecular complexity index is 912. The van der Waals surface area contributed by atoms with Crippen LogP contribution in [0.1, 0.15) is 77.1 Å². The van der Waals surface area contributed by atoms with Gasteiger partial charge in [0.2, 0.25) is 5.95 Å². The molecule has 5 rings (SSSR count). The number of nitrogens with one attached hydrogen (secondary N) is 1. The number of aromatic nitrogens is 3. The largest absolute Gasteiger partial charge is 0.352 e. The lowest BCUT2D eigenvalue weighted by Gasteiger charge is -2.24. The summed E-state index contributed by atoms with van der Waals surface area (Å²) in [6.07, 6.45) is 8.64. The van der Waals surface area contributed by atoms with Gasteiger partial charge in [-0.3, -0.25) is 0 Å². The highest BCUT2D eigenvalue weighted by Gasteiger charge is 2.52. The summed E-state index contributed by atoms with van der Waals surface area (Å²) in [5.41, 5.74) is 3.22. The molecule has 1 N–H and O–H groups in total. The van der Waals surface area contributed by atoms with Crippen LogP contribution in [0.2, 0.25) is 0 Å². The van der Waals surface area contributed by atoms with E-state index in [2.05, 4.69) is 55.3 Å². The molecule has 2 aliphatic carbocycles. The van der Waals surface area contributed by atoms with Crippen LogP contribution in [0.3, 0.4) is 0 Å². The lowest BCUT2D eigenvalue weighted by Crippen LogP contribution is -2.29. The molecule has 5 heteroatoms. The topological polar surface area (TPSA) is 53.9 Å². The fraction of sp³-hybridized carbons (Fsp3) is 0.640. The van der Waals surface area contributed by atoms with Gasteiger partial charge < -0.3 is 10.2 Å². The van der Waals surface area contributed by atoms with E-state index in [1.54, 1.807) is 0 Å². The molecule has 1 aliphatic heterocycles. The van der Waals surface area contributed by atoms with Crippen LogP contribution in [-0.2, 0) is 10.8 Å². The van der Waals surface area contributed by atoms with Gasteiger partial charge in [-0.1, -0.05) is 32.0 Å². The SMILES string of the molecule is CCN(CC)CCC(C)Nc1nc2nc(n1)C1(CCC3(CC3)c3cccc-2c3)CC1. The summed E-state index contributed by atoms with van der Waals surface area (Å²) in [6.45, 7) is 9.99. The van der Waals surface area contributed by atoms with Gasteiger partial charge in [-0.25, -0.2) is 4.98 Å². The van der Waals surface area contributed by atoms with Gasteiger partial charge in [0, 0.05) is 23.6 Å². The Hall–Kier alpha value is -2.01. The van der Waals surface area contributed by atoms with Crippen molar-refractivity contribution in [1.29, 1.82) is 0 Å². The van der Waals surface area contributed by atoms with E-state index in [1.165, 1.54) is 44.1 Å². The second-order valence-electron chi connectivity index (χ2n) is 9.81. The fourth-order valence-corrected chi connectivity index (χ4v) is 5.05. The lowest BCUT2D eigenvalue weighted by molar-refractivity contribution is 0.295. The first-order valence-corrected chi connectivity index (χ1v) is 11.9. The van der Waals surface area contributed by atoms with E-state index in [-0.39, 0.29) is 5.41 Å². The average Bonchev–Trinajstić information content (AvgIpc) is 3.68. The quantitative estimate of drug-likeness (QED) is 0.708. The van der Waals surface area contributed by atoms with Crippen LogP contribution >= 0.6 is 0 Å². The van der Waals surface area contributed by atoms with Crippen LogP contribution in [0.15, 0.2) is 24.3 Å². The monoisotopic (exact) mass is 405 g/mol. The summed E-state index contributed by atoms with van der Waals surface area (Å²) in [6, 6.07) is 9.33. The molecule has 1 aromatic carbocycles. The predicted octanol–water partition coefficient (Wildman–Crippen LogP) is 4.93. The van der Waals surface area contributed by atoms with Crippen molar-refractivity contribution in [2.75, 3.05) is 25.0 Å². The third-order valence-corrected chi connectivity index (χ3v) is 7.78. The Kier molecular flexibility index (Phi) is 5.04. The molecule has 30 heavy (non-hydrogen) atoms. The van der Waals surface area contributed by atoms with Gasteiger partial charge in [-0.05, 0) is 82.0 Å². The number of rotatable bonds is 7. The summed E-state index contributed by atoms with van der Waals surface area (Å²) in [5, 5.41) is 3.59. The standard InChI is InChI=1S/C25H35N5/c1-4-30(5-2)16-9-18(3)26-23-28-21-19-7-6-8-20(17-19)24(10-11-24)12-13-25(14-15-25)22(27-21)29-23/h6-8,17-18H,4-5,9-16H2,1-3H3,(H,26,27,28,29). The van der Waals surface area contributed by atoms with Gasteiger partial charge in [-0.2, -0.15) is 9.97 Å². The van der Waals surface area contributed by atoms with Crippen molar-refractivity contribution in [2.24, 2.45) is 0 Å². The first-order valence-electron chi connectivity index (χ1n) is 11.9. The minimum atomic E-state index is 0.185. The molecule has 4 bridgehead atoms. The molecule has 5 nitrogen and oxygen atoms in total. The summed E-state index contributed by atoms with van der Waals surface area (Å²) in [7, 11) is 0. The van der Waals surface area contributed by atoms with Crippen molar-refractivity contribution >= 4 is 5.95 Å². The zero-order valence-corrected chi connectivity index (χ0v) is 18.7. The molecule has 1 unspecified atom stereocenters. The number of nitrogens with zero attached hydrogens (tertiary/aromatic N) is 4. The molecule has 2 fully saturated rings. The molecule has 1 aromatic heterocycles. The molecule has 3 aliphatic rings. The van der Waals surface area contributed by atoms with Crippen LogP contribution in [0, 0.1) is 0 Å². The zero-order valence-electron chi connectivity index (χ0n) is 18.7. The Morgan fingerprint density at radius 3 is 2.37 bits per heavy atom. The van der Waals surface area contributed by atoms with E-state index in [1.807, 2.05) is 0 Å². The predicted molar refractivity (Wildman–Crippen MR) is 122 cm³/mol. The van der Waals surface area contributed by atoms with Gasteiger partial charge >= 0.3 is 0 Å². The van der Waals surface area contributed by atoms with Crippen molar-refractivity contribution < 1.29 is 0 Å². The van der Waals surface area contributed by atoms with Gasteiger partial charge in [-0.15, -0.1) is 0 Å². The van der Waals surface area contributed by atoms with E-state index in [0.29, 0.717) is 11.5 Å². The maximum atomic E-state index is 4.99. The molecule has 0 saturated heterocycles. The van der Waals surface area contributed by atoms with Gasteiger partial charge in [0.1, 0.15) is 5.82 Å². The Morgan fingerprint density at radius 1 is 0.967 bits per heavy atom. The van der Waals surface area contributed by atoms with Crippen LogP contribution in [0.25, 0.3) is 11.4 Å². The van der Waals surface area contributed by atoms with Crippen LogP contribution in [0.5, 0.6) is 0 Å². The molecule has 2 aromatic rings. The molecular weight excluding hydrogens is 370 g/mol. The molecule has 2 spiro atoms. The molecule has 1 atom stereocenters.